The van der Waals surface area contributed by atoms with Crippen LogP contribution in [0.4, 0.5) is 0 Å². The molecule has 0 spiro atoms. The van der Waals surface area contributed by atoms with Crippen molar-refractivity contribution >= 4 is 11.6 Å². The first kappa shape index (κ1) is 12.9. The highest BCUT2D eigenvalue weighted by Gasteiger charge is 2.29. The van der Waals surface area contributed by atoms with Crippen molar-refractivity contribution < 1.29 is 0 Å². The SMILES string of the molecule is CCC(C)CNC1CC(c2cccc(Cl)c2)C1. The second-order valence-electron chi connectivity index (χ2n) is 5.34. The fourth-order valence-electron chi connectivity index (χ4n) is 2.33. The molecular weight excluding hydrogens is 230 g/mol. The monoisotopic (exact) mass is 251 g/mol. The lowest BCUT2D eigenvalue weighted by Gasteiger charge is -2.37. The number of benzene rings is 1. The van der Waals surface area contributed by atoms with Crippen LogP contribution in [0.3, 0.4) is 0 Å². The maximum atomic E-state index is 6.01. The Hall–Kier alpha value is -0.530. The molecule has 17 heavy (non-hydrogen) atoms. The zero-order chi connectivity index (χ0) is 12.3. The van der Waals surface area contributed by atoms with Crippen molar-refractivity contribution in [2.24, 2.45) is 5.92 Å². The van der Waals surface area contributed by atoms with E-state index in [0.29, 0.717) is 12.0 Å². The van der Waals surface area contributed by atoms with Gasteiger partial charge in [-0.3, -0.25) is 0 Å². The molecule has 1 aliphatic rings. The van der Waals surface area contributed by atoms with Crippen LogP contribution in [-0.2, 0) is 0 Å². The van der Waals surface area contributed by atoms with Crippen molar-refractivity contribution in [2.45, 2.75) is 45.1 Å². The van der Waals surface area contributed by atoms with E-state index in [0.717, 1.165) is 17.5 Å². The Morgan fingerprint density at radius 3 is 2.82 bits per heavy atom. The lowest BCUT2D eigenvalue weighted by Crippen LogP contribution is -2.41. The van der Waals surface area contributed by atoms with Crippen molar-refractivity contribution in [3.05, 3.63) is 34.9 Å². The quantitative estimate of drug-likeness (QED) is 0.826. The van der Waals surface area contributed by atoms with Crippen LogP contribution >= 0.6 is 11.6 Å². The van der Waals surface area contributed by atoms with Crippen LogP contribution in [-0.4, -0.2) is 12.6 Å². The summed E-state index contributed by atoms with van der Waals surface area (Å²) in [5, 5.41) is 4.51. The minimum Gasteiger partial charge on any atom is -0.314 e. The summed E-state index contributed by atoms with van der Waals surface area (Å²) in [5.41, 5.74) is 1.40. The Morgan fingerprint density at radius 1 is 1.41 bits per heavy atom. The summed E-state index contributed by atoms with van der Waals surface area (Å²) in [7, 11) is 0. The maximum Gasteiger partial charge on any atom is 0.0408 e. The molecule has 94 valence electrons. The van der Waals surface area contributed by atoms with Crippen molar-refractivity contribution in [1.82, 2.24) is 5.32 Å². The topological polar surface area (TPSA) is 12.0 Å². The van der Waals surface area contributed by atoms with E-state index in [1.165, 1.54) is 24.8 Å². The lowest BCUT2D eigenvalue weighted by molar-refractivity contribution is 0.277. The molecule has 0 saturated heterocycles. The van der Waals surface area contributed by atoms with Gasteiger partial charge < -0.3 is 5.32 Å². The third kappa shape index (κ3) is 3.46. The largest absolute Gasteiger partial charge is 0.314 e. The minimum absolute atomic E-state index is 0.711. The average molecular weight is 252 g/mol. The lowest BCUT2D eigenvalue weighted by atomic mass is 9.76. The van der Waals surface area contributed by atoms with Crippen LogP contribution in [0.25, 0.3) is 0 Å². The zero-order valence-electron chi connectivity index (χ0n) is 10.7. The van der Waals surface area contributed by atoms with Crippen molar-refractivity contribution in [3.63, 3.8) is 0 Å². The normalized spacial score (nSPS) is 25.4. The van der Waals surface area contributed by atoms with Crippen molar-refractivity contribution in [2.75, 3.05) is 6.54 Å². The molecule has 0 bridgehead atoms. The Morgan fingerprint density at radius 2 is 2.18 bits per heavy atom. The minimum atomic E-state index is 0.711. The van der Waals surface area contributed by atoms with Crippen molar-refractivity contribution in [1.29, 1.82) is 0 Å². The molecule has 1 aromatic carbocycles. The van der Waals surface area contributed by atoms with Crippen LogP contribution in [0.5, 0.6) is 0 Å². The number of rotatable bonds is 5. The van der Waals surface area contributed by atoms with Crippen LogP contribution in [0.15, 0.2) is 24.3 Å². The predicted octanol–water partition coefficient (Wildman–Crippen LogP) is 4.22. The van der Waals surface area contributed by atoms with E-state index >= 15 is 0 Å². The number of halogens is 1. The van der Waals surface area contributed by atoms with Gasteiger partial charge in [0.2, 0.25) is 0 Å². The highest BCUT2D eigenvalue weighted by molar-refractivity contribution is 6.30. The average Bonchev–Trinajstić information content (AvgIpc) is 2.26. The number of nitrogens with one attached hydrogen (secondary N) is 1. The molecule has 1 nitrogen and oxygen atoms in total. The summed E-state index contributed by atoms with van der Waals surface area (Å²) in [6.45, 7) is 5.71. The predicted molar refractivity (Wildman–Crippen MR) is 74.7 cm³/mol. The summed E-state index contributed by atoms with van der Waals surface area (Å²) in [4.78, 5) is 0. The molecule has 1 aliphatic carbocycles. The molecule has 1 aromatic rings. The third-order valence-corrected chi connectivity index (χ3v) is 4.15. The molecule has 1 N–H and O–H groups in total. The fourth-order valence-corrected chi connectivity index (χ4v) is 2.53. The van der Waals surface area contributed by atoms with E-state index in [4.69, 9.17) is 11.6 Å². The standard InChI is InChI=1S/C15H22ClN/c1-3-11(2)10-17-15-8-13(9-15)12-5-4-6-14(16)7-12/h4-7,11,13,15,17H,3,8-10H2,1-2H3. The van der Waals surface area contributed by atoms with Gasteiger partial charge in [-0.1, -0.05) is 44.0 Å². The van der Waals surface area contributed by atoms with E-state index < -0.39 is 0 Å². The van der Waals surface area contributed by atoms with Crippen LogP contribution < -0.4 is 5.32 Å². The second kappa shape index (κ2) is 5.88. The van der Waals surface area contributed by atoms with E-state index in [9.17, 15) is 0 Å². The van der Waals surface area contributed by atoms with Gasteiger partial charge in [0.25, 0.3) is 0 Å². The highest BCUT2D eigenvalue weighted by Crippen LogP contribution is 2.37. The van der Waals surface area contributed by atoms with Gasteiger partial charge >= 0.3 is 0 Å². The Bertz CT molecular complexity index is 358. The van der Waals surface area contributed by atoms with Gasteiger partial charge in [-0.05, 0) is 48.9 Å². The van der Waals surface area contributed by atoms with Gasteiger partial charge in [0.1, 0.15) is 0 Å². The molecule has 1 saturated carbocycles. The summed E-state index contributed by atoms with van der Waals surface area (Å²) in [6.07, 6.45) is 3.78. The number of hydrogen-bond acceptors (Lipinski definition) is 1. The Labute approximate surface area is 110 Å². The van der Waals surface area contributed by atoms with E-state index in [1.807, 2.05) is 6.07 Å². The van der Waals surface area contributed by atoms with E-state index in [1.54, 1.807) is 0 Å². The molecule has 0 amide bonds. The van der Waals surface area contributed by atoms with Crippen LogP contribution in [0, 0.1) is 5.92 Å². The zero-order valence-corrected chi connectivity index (χ0v) is 11.5. The summed E-state index contributed by atoms with van der Waals surface area (Å²) in [6, 6.07) is 9.02. The molecule has 0 aliphatic heterocycles. The molecular formula is C15H22ClN. The van der Waals surface area contributed by atoms with Crippen LogP contribution in [0.1, 0.15) is 44.6 Å². The summed E-state index contributed by atoms with van der Waals surface area (Å²) < 4.78 is 0. The van der Waals surface area contributed by atoms with Crippen molar-refractivity contribution in [3.8, 4) is 0 Å². The number of hydrogen-bond donors (Lipinski definition) is 1. The molecule has 2 heteroatoms. The highest BCUT2D eigenvalue weighted by atomic mass is 35.5. The first-order valence-corrected chi connectivity index (χ1v) is 7.05. The summed E-state index contributed by atoms with van der Waals surface area (Å²) in [5.74, 6) is 1.50. The molecule has 1 atom stereocenters. The molecule has 2 rings (SSSR count). The maximum absolute atomic E-state index is 6.01. The first-order valence-electron chi connectivity index (χ1n) is 6.68. The first-order chi connectivity index (χ1) is 8.19. The van der Waals surface area contributed by atoms with Gasteiger partial charge in [0, 0.05) is 11.1 Å². The van der Waals surface area contributed by atoms with Gasteiger partial charge in [0.05, 0.1) is 0 Å². The van der Waals surface area contributed by atoms with Gasteiger partial charge in [-0.25, -0.2) is 0 Å². The molecule has 1 fully saturated rings. The van der Waals surface area contributed by atoms with Crippen LogP contribution in [0.2, 0.25) is 5.02 Å². The van der Waals surface area contributed by atoms with Gasteiger partial charge in [-0.15, -0.1) is 0 Å². The molecule has 1 unspecified atom stereocenters. The van der Waals surface area contributed by atoms with E-state index in [-0.39, 0.29) is 0 Å². The second-order valence-corrected chi connectivity index (χ2v) is 5.78. The Kier molecular flexibility index (Phi) is 4.47. The third-order valence-electron chi connectivity index (χ3n) is 3.91. The molecule has 0 heterocycles. The molecule has 0 aromatic heterocycles. The summed E-state index contributed by atoms with van der Waals surface area (Å²) >= 11 is 6.01. The van der Waals surface area contributed by atoms with Gasteiger partial charge in [-0.2, -0.15) is 0 Å². The Balaban J connectivity index is 1.75. The van der Waals surface area contributed by atoms with E-state index in [2.05, 4.69) is 37.4 Å². The molecule has 0 radical (unpaired) electrons. The fraction of sp³-hybridized carbons (Fsp3) is 0.600. The smallest absolute Gasteiger partial charge is 0.0408 e. The van der Waals surface area contributed by atoms with Gasteiger partial charge in [0.15, 0.2) is 0 Å².